The van der Waals surface area contributed by atoms with Crippen LogP contribution in [0.5, 0.6) is 0 Å². The molecule has 0 unspecified atom stereocenters. The highest BCUT2D eigenvalue weighted by molar-refractivity contribution is 5.46. The molecule has 0 aliphatic heterocycles. The van der Waals surface area contributed by atoms with Crippen LogP contribution in [0.15, 0.2) is 18.3 Å². The zero-order valence-electron chi connectivity index (χ0n) is 7.63. The number of nitrogens with one attached hydrogen (secondary N) is 1. The number of pyridine rings is 1. The van der Waals surface area contributed by atoms with E-state index in [1.165, 1.54) is 12.3 Å². The molecule has 0 saturated carbocycles. The molecule has 1 heterocycles. The molecule has 13 heavy (non-hydrogen) atoms. The van der Waals surface area contributed by atoms with Gasteiger partial charge < -0.3 is 5.32 Å². The highest BCUT2D eigenvalue weighted by Crippen LogP contribution is 2.13. The second-order valence-electron chi connectivity index (χ2n) is 3.26. The molecule has 0 aliphatic rings. The van der Waals surface area contributed by atoms with E-state index in [-0.39, 0.29) is 0 Å². The van der Waals surface area contributed by atoms with Gasteiger partial charge in [0, 0.05) is 18.0 Å². The van der Waals surface area contributed by atoms with E-state index < -0.39 is 11.5 Å². The Hall–Kier alpha value is -1.56. The molecular formula is C10H11FN2. The third kappa shape index (κ3) is 2.75. The minimum atomic E-state index is -0.516. The first-order valence-electron chi connectivity index (χ1n) is 3.91. The molecule has 0 aliphatic carbocycles. The zero-order chi connectivity index (χ0) is 9.90. The molecule has 0 atom stereocenters. The van der Waals surface area contributed by atoms with E-state index in [4.69, 9.17) is 6.42 Å². The summed E-state index contributed by atoms with van der Waals surface area (Å²) < 4.78 is 12.6. The number of anilines is 1. The van der Waals surface area contributed by atoms with Crippen molar-refractivity contribution < 1.29 is 4.39 Å². The fourth-order valence-corrected chi connectivity index (χ4v) is 0.877. The van der Waals surface area contributed by atoms with E-state index in [0.29, 0.717) is 5.69 Å². The van der Waals surface area contributed by atoms with Gasteiger partial charge in [-0.2, -0.15) is 4.39 Å². The van der Waals surface area contributed by atoms with Crippen molar-refractivity contribution in [2.24, 2.45) is 0 Å². The minimum Gasteiger partial charge on any atom is -0.369 e. The third-order valence-electron chi connectivity index (χ3n) is 1.54. The number of nitrogens with zero attached hydrogens (tertiary/aromatic N) is 1. The van der Waals surface area contributed by atoms with Crippen molar-refractivity contribution >= 4 is 5.69 Å². The predicted octanol–water partition coefficient (Wildman–Crippen LogP) is 2.04. The summed E-state index contributed by atoms with van der Waals surface area (Å²) in [5, 5.41) is 2.99. The maximum absolute atomic E-state index is 12.6. The molecule has 1 N–H and O–H groups in total. The largest absolute Gasteiger partial charge is 0.369 e. The van der Waals surface area contributed by atoms with Crippen molar-refractivity contribution in [3.63, 3.8) is 0 Å². The van der Waals surface area contributed by atoms with Crippen LogP contribution in [0.2, 0.25) is 0 Å². The predicted molar refractivity (Wildman–Crippen MR) is 50.7 cm³/mol. The molecule has 3 heteroatoms. The Balaban J connectivity index is 2.82. The van der Waals surface area contributed by atoms with Crippen LogP contribution in [0.4, 0.5) is 10.1 Å². The number of hydrogen-bond donors (Lipinski definition) is 1. The van der Waals surface area contributed by atoms with Crippen LogP contribution in [0.3, 0.4) is 0 Å². The lowest BCUT2D eigenvalue weighted by Crippen LogP contribution is -2.28. The Bertz CT molecular complexity index is 339. The summed E-state index contributed by atoms with van der Waals surface area (Å²) in [4.78, 5) is 3.44. The summed E-state index contributed by atoms with van der Waals surface area (Å²) >= 11 is 0. The minimum absolute atomic E-state index is 0.478. The van der Waals surface area contributed by atoms with E-state index in [2.05, 4.69) is 16.2 Å². The third-order valence-corrected chi connectivity index (χ3v) is 1.54. The highest BCUT2D eigenvalue weighted by atomic mass is 19.1. The van der Waals surface area contributed by atoms with E-state index in [0.717, 1.165) is 0 Å². The van der Waals surface area contributed by atoms with E-state index in [1.807, 2.05) is 13.8 Å². The van der Waals surface area contributed by atoms with Crippen LogP contribution in [0.1, 0.15) is 13.8 Å². The standard InChI is InChI=1S/C10H11FN2/c1-4-10(2,3)13-8-5-6-12-9(11)7-8/h1,5-7H,2-3H3,(H,12,13). The summed E-state index contributed by atoms with van der Waals surface area (Å²) in [5.41, 5.74) is 0.156. The lowest BCUT2D eigenvalue weighted by atomic mass is 10.1. The molecule has 0 amide bonds. The number of halogens is 1. The first-order valence-corrected chi connectivity index (χ1v) is 3.91. The summed E-state index contributed by atoms with van der Waals surface area (Å²) in [7, 11) is 0. The lowest BCUT2D eigenvalue weighted by Gasteiger charge is -2.20. The first kappa shape index (κ1) is 9.53. The van der Waals surface area contributed by atoms with Crippen molar-refractivity contribution in [3.05, 3.63) is 24.3 Å². The van der Waals surface area contributed by atoms with Gasteiger partial charge in [-0.25, -0.2) is 4.98 Å². The SMILES string of the molecule is C#CC(C)(C)Nc1ccnc(F)c1. The fraction of sp³-hybridized carbons (Fsp3) is 0.300. The van der Waals surface area contributed by atoms with Crippen LogP contribution in [-0.2, 0) is 0 Å². The molecule has 0 bridgehead atoms. The van der Waals surface area contributed by atoms with Crippen molar-refractivity contribution in [3.8, 4) is 12.3 Å². The Labute approximate surface area is 77.2 Å². The summed E-state index contributed by atoms with van der Waals surface area (Å²) in [6.45, 7) is 3.68. The van der Waals surface area contributed by atoms with Gasteiger partial charge in [0.1, 0.15) is 0 Å². The molecule has 0 radical (unpaired) electrons. The highest BCUT2D eigenvalue weighted by Gasteiger charge is 2.12. The van der Waals surface area contributed by atoms with Gasteiger partial charge in [0.2, 0.25) is 5.95 Å². The maximum Gasteiger partial charge on any atom is 0.214 e. The number of aromatic nitrogens is 1. The molecule has 1 aromatic rings. The first-order chi connectivity index (χ1) is 6.03. The average Bonchev–Trinajstić information content (AvgIpc) is 2.03. The zero-order valence-corrected chi connectivity index (χ0v) is 7.63. The molecule has 0 aromatic carbocycles. The Morgan fingerprint density at radius 3 is 2.85 bits per heavy atom. The molecule has 68 valence electrons. The Kier molecular flexibility index (Phi) is 2.52. The quantitative estimate of drug-likeness (QED) is 0.553. The topological polar surface area (TPSA) is 24.9 Å². The second kappa shape index (κ2) is 3.44. The van der Waals surface area contributed by atoms with Gasteiger partial charge in [0.05, 0.1) is 5.54 Å². The molecule has 0 fully saturated rings. The van der Waals surface area contributed by atoms with Gasteiger partial charge in [-0.05, 0) is 19.9 Å². The molecule has 1 aromatic heterocycles. The van der Waals surface area contributed by atoms with Gasteiger partial charge >= 0.3 is 0 Å². The second-order valence-corrected chi connectivity index (χ2v) is 3.26. The van der Waals surface area contributed by atoms with Crippen LogP contribution in [0.25, 0.3) is 0 Å². The maximum atomic E-state index is 12.6. The van der Waals surface area contributed by atoms with Gasteiger partial charge in [0.25, 0.3) is 0 Å². The molecule has 2 nitrogen and oxygen atoms in total. The number of terminal acetylenes is 1. The van der Waals surface area contributed by atoms with Crippen LogP contribution >= 0.6 is 0 Å². The normalized spacial score (nSPS) is 10.6. The molecular weight excluding hydrogens is 167 g/mol. The summed E-state index contributed by atoms with van der Waals surface area (Å²) in [6, 6.07) is 2.97. The van der Waals surface area contributed by atoms with Gasteiger partial charge in [-0.1, -0.05) is 5.92 Å². The van der Waals surface area contributed by atoms with E-state index in [9.17, 15) is 4.39 Å². The number of rotatable bonds is 2. The molecule has 1 rings (SSSR count). The van der Waals surface area contributed by atoms with Crippen molar-refractivity contribution in [1.29, 1.82) is 0 Å². The Morgan fingerprint density at radius 2 is 2.31 bits per heavy atom. The van der Waals surface area contributed by atoms with Crippen LogP contribution in [-0.4, -0.2) is 10.5 Å². The monoisotopic (exact) mass is 178 g/mol. The summed E-state index contributed by atoms with van der Waals surface area (Å²) in [5.74, 6) is 2.04. The van der Waals surface area contributed by atoms with Crippen molar-refractivity contribution in [1.82, 2.24) is 4.98 Å². The summed E-state index contributed by atoms with van der Waals surface area (Å²) in [6.07, 6.45) is 6.66. The lowest BCUT2D eigenvalue weighted by molar-refractivity contribution is 0.583. The van der Waals surface area contributed by atoms with Gasteiger partial charge in [0.15, 0.2) is 0 Å². The van der Waals surface area contributed by atoms with Crippen LogP contribution in [0, 0.1) is 18.3 Å². The van der Waals surface area contributed by atoms with Crippen LogP contribution < -0.4 is 5.32 Å². The van der Waals surface area contributed by atoms with Crippen molar-refractivity contribution in [2.45, 2.75) is 19.4 Å². The van der Waals surface area contributed by atoms with Crippen molar-refractivity contribution in [2.75, 3.05) is 5.32 Å². The average molecular weight is 178 g/mol. The molecule has 0 saturated heterocycles. The van der Waals surface area contributed by atoms with E-state index in [1.54, 1.807) is 6.07 Å². The van der Waals surface area contributed by atoms with E-state index >= 15 is 0 Å². The smallest absolute Gasteiger partial charge is 0.214 e. The molecule has 0 spiro atoms. The van der Waals surface area contributed by atoms with Gasteiger partial charge in [-0.3, -0.25) is 0 Å². The fourth-order valence-electron chi connectivity index (χ4n) is 0.877. The Morgan fingerprint density at radius 1 is 1.62 bits per heavy atom. The van der Waals surface area contributed by atoms with Gasteiger partial charge in [-0.15, -0.1) is 6.42 Å². The number of hydrogen-bond acceptors (Lipinski definition) is 2.